The average molecular weight is 364 g/mol. The molecule has 1 N–H and O–H groups in total. The smallest absolute Gasteiger partial charge is 0.266 e. The van der Waals surface area contributed by atoms with E-state index in [4.69, 9.17) is 9.47 Å². The number of ether oxygens (including phenoxy) is 2. The van der Waals surface area contributed by atoms with E-state index in [-0.39, 0.29) is 5.57 Å². The van der Waals surface area contributed by atoms with Gasteiger partial charge < -0.3 is 14.8 Å². The minimum Gasteiger partial charge on any atom is -0.493 e. The maximum Gasteiger partial charge on any atom is 0.266 e. The molecule has 0 aliphatic heterocycles. The van der Waals surface area contributed by atoms with Crippen LogP contribution in [0.4, 0.5) is 5.69 Å². The van der Waals surface area contributed by atoms with E-state index in [2.05, 4.69) is 19.2 Å². The quantitative estimate of drug-likeness (QED) is 0.576. The van der Waals surface area contributed by atoms with E-state index in [0.717, 1.165) is 5.56 Å². The number of amides is 1. The van der Waals surface area contributed by atoms with E-state index < -0.39 is 5.91 Å². The fraction of sp³-hybridized carbons (Fsp3) is 0.273. The first-order valence-electron chi connectivity index (χ1n) is 8.73. The predicted molar refractivity (Wildman–Crippen MR) is 107 cm³/mol. The zero-order valence-electron chi connectivity index (χ0n) is 16.1. The van der Waals surface area contributed by atoms with E-state index in [1.807, 2.05) is 31.2 Å². The fourth-order valence-corrected chi connectivity index (χ4v) is 2.39. The van der Waals surface area contributed by atoms with Crippen LogP contribution in [-0.4, -0.2) is 19.6 Å². The minimum atomic E-state index is -0.455. The van der Waals surface area contributed by atoms with Crippen LogP contribution in [-0.2, 0) is 4.79 Å². The largest absolute Gasteiger partial charge is 0.493 e. The van der Waals surface area contributed by atoms with E-state index in [1.54, 1.807) is 31.4 Å². The van der Waals surface area contributed by atoms with Crippen LogP contribution in [0.25, 0.3) is 6.08 Å². The molecule has 0 radical (unpaired) electrons. The van der Waals surface area contributed by atoms with Gasteiger partial charge in [0.05, 0.1) is 13.7 Å². The second-order valence-electron chi connectivity index (χ2n) is 6.61. The van der Waals surface area contributed by atoms with Gasteiger partial charge >= 0.3 is 0 Å². The van der Waals surface area contributed by atoms with E-state index in [9.17, 15) is 10.1 Å². The molecule has 0 aliphatic carbocycles. The number of benzene rings is 2. The standard InChI is InChI=1S/C22H24N2O3/c1-15(2)14-27-21-12-17(8-9-20(21)26-4)11-18(13-23)22(25)24-19-7-5-6-16(3)10-19/h5-12,15H,14H2,1-4H3,(H,24,25)/b18-11+. The van der Waals surface area contributed by atoms with Crippen LogP contribution in [0, 0.1) is 24.2 Å². The van der Waals surface area contributed by atoms with Crippen molar-refractivity contribution in [3.63, 3.8) is 0 Å². The second kappa shape index (κ2) is 9.44. The third kappa shape index (κ3) is 5.89. The highest BCUT2D eigenvalue weighted by Gasteiger charge is 2.11. The number of methoxy groups -OCH3 is 1. The molecule has 2 aromatic carbocycles. The van der Waals surface area contributed by atoms with Crippen LogP contribution in [0.15, 0.2) is 48.0 Å². The zero-order chi connectivity index (χ0) is 19.8. The molecule has 0 saturated heterocycles. The van der Waals surface area contributed by atoms with Crippen LogP contribution in [0.5, 0.6) is 11.5 Å². The summed E-state index contributed by atoms with van der Waals surface area (Å²) in [5, 5.41) is 12.1. The Morgan fingerprint density at radius 2 is 2.00 bits per heavy atom. The van der Waals surface area contributed by atoms with Crippen molar-refractivity contribution in [2.24, 2.45) is 5.92 Å². The van der Waals surface area contributed by atoms with Gasteiger partial charge in [-0.25, -0.2) is 0 Å². The number of rotatable bonds is 7. The summed E-state index contributed by atoms with van der Waals surface area (Å²) in [6.07, 6.45) is 1.53. The lowest BCUT2D eigenvalue weighted by Gasteiger charge is -2.13. The van der Waals surface area contributed by atoms with Crippen molar-refractivity contribution in [2.75, 3.05) is 19.0 Å². The van der Waals surface area contributed by atoms with Crippen molar-refractivity contribution in [1.29, 1.82) is 5.26 Å². The van der Waals surface area contributed by atoms with E-state index >= 15 is 0 Å². The Kier molecular flexibility index (Phi) is 7.01. The van der Waals surface area contributed by atoms with Crippen molar-refractivity contribution in [1.82, 2.24) is 0 Å². The highest BCUT2D eigenvalue weighted by molar-refractivity contribution is 6.09. The number of hydrogen-bond acceptors (Lipinski definition) is 4. The Labute approximate surface area is 160 Å². The Balaban J connectivity index is 2.24. The first kappa shape index (κ1) is 20.1. The lowest BCUT2D eigenvalue weighted by molar-refractivity contribution is -0.112. The van der Waals surface area contributed by atoms with Gasteiger partial charge in [0.15, 0.2) is 11.5 Å². The lowest BCUT2D eigenvalue weighted by atomic mass is 10.1. The van der Waals surface area contributed by atoms with Gasteiger partial charge in [-0.2, -0.15) is 5.26 Å². The summed E-state index contributed by atoms with van der Waals surface area (Å²) in [5.41, 5.74) is 2.37. The molecular formula is C22H24N2O3. The molecule has 0 fully saturated rings. The molecule has 2 aromatic rings. The van der Waals surface area contributed by atoms with Crippen LogP contribution < -0.4 is 14.8 Å². The molecule has 5 nitrogen and oxygen atoms in total. The van der Waals surface area contributed by atoms with Crippen LogP contribution >= 0.6 is 0 Å². The number of nitrogens with zero attached hydrogens (tertiary/aromatic N) is 1. The summed E-state index contributed by atoms with van der Waals surface area (Å²) in [5.74, 6) is 1.10. The summed E-state index contributed by atoms with van der Waals surface area (Å²) >= 11 is 0. The third-order valence-electron chi connectivity index (χ3n) is 3.71. The van der Waals surface area contributed by atoms with Crippen molar-refractivity contribution >= 4 is 17.7 Å². The molecule has 0 atom stereocenters. The Morgan fingerprint density at radius 1 is 1.22 bits per heavy atom. The van der Waals surface area contributed by atoms with Crippen LogP contribution in [0.3, 0.4) is 0 Å². The number of anilines is 1. The Morgan fingerprint density at radius 3 is 2.63 bits per heavy atom. The first-order chi connectivity index (χ1) is 12.9. The number of hydrogen-bond donors (Lipinski definition) is 1. The Hall–Kier alpha value is -3.26. The first-order valence-corrected chi connectivity index (χ1v) is 8.73. The number of carbonyl (C=O) groups is 1. The highest BCUT2D eigenvalue weighted by atomic mass is 16.5. The van der Waals surface area contributed by atoms with Crippen LogP contribution in [0.1, 0.15) is 25.0 Å². The zero-order valence-corrected chi connectivity index (χ0v) is 16.1. The van der Waals surface area contributed by atoms with Gasteiger partial charge in [0.1, 0.15) is 11.6 Å². The van der Waals surface area contributed by atoms with Crippen molar-refractivity contribution in [2.45, 2.75) is 20.8 Å². The molecule has 0 aliphatic rings. The molecule has 140 valence electrons. The monoisotopic (exact) mass is 364 g/mol. The molecule has 2 rings (SSSR count). The third-order valence-corrected chi connectivity index (χ3v) is 3.71. The number of nitriles is 1. The second-order valence-corrected chi connectivity index (χ2v) is 6.61. The fourth-order valence-electron chi connectivity index (χ4n) is 2.39. The molecule has 0 saturated carbocycles. The summed E-state index contributed by atoms with van der Waals surface area (Å²) in [4.78, 5) is 12.4. The van der Waals surface area contributed by atoms with E-state index in [1.165, 1.54) is 6.08 Å². The summed E-state index contributed by atoms with van der Waals surface area (Å²) in [7, 11) is 1.57. The van der Waals surface area contributed by atoms with Gasteiger partial charge in [0, 0.05) is 5.69 Å². The van der Waals surface area contributed by atoms with Gasteiger partial charge in [0.25, 0.3) is 5.91 Å². The molecule has 0 spiro atoms. The van der Waals surface area contributed by atoms with Crippen molar-refractivity contribution in [3.8, 4) is 17.6 Å². The van der Waals surface area contributed by atoms with Gasteiger partial charge in [0.2, 0.25) is 0 Å². The van der Waals surface area contributed by atoms with Crippen molar-refractivity contribution in [3.05, 3.63) is 59.2 Å². The topological polar surface area (TPSA) is 71.3 Å². The molecule has 1 amide bonds. The maximum atomic E-state index is 12.4. The van der Waals surface area contributed by atoms with Crippen molar-refractivity contribution < 1.29 is 14.3 Å². The SMILES string of the molecule is COc1ccc(/C=C(\C#N)C(=O)Nc2cccc(C)c2)cc1OCC(C)C. The lowest BCUT2D eigenvalue weighted by Crippen LogP contribution is -2.13. The predicted octanol–water partition coefficient (Wildman–Crippen LogP) is 4.58. The number of nitrogens with one attached hydrogen (secondary N) is 1. The van der Waals surface area contributed by atoms with Gasteiger partial charge in [-0.3, -0.25) is 4.79 Å². The molecular weight excluding hydrogens is 340 g/mol. The number of carbonyl (C=O) groups excluding carboxylic acids is 1. The molecule has 5 heteroatoms. The molecule has 27 heavy (non-hydrogen) atoms. The average Bonchev–Trinajstić information content (AvgIpc) is 2.64. The normalized spacial score (nSPS) is 11.0. The minimum absolute atomic E-state index is 0.0106. The highest BCUT2D eigenvalue weighted by Crippen LogP contribution is 2.29. The summed E-state index contributed by atoms with van der Waals surface area (Å²) in [6.45, 7) is 6.59. The summed E-state index contributed by atoms with van der Waals surface area (Å²) < 4.78 is 11.1. The Bertz CT molecular complexity index is 879. The molecule has 0 heterocycles. The maximum absolute atomic E-state index is 12.4. The van der Waals surface area contributed by atoms with Crippen LogP contribution in [0.2, 0.25) is 0 Å². The molecule has 0 aromatic heterocycles. The van der Waals surface area contributed by atoms with E-state index in [0.29, 0.717) is 35.3 Å². The molecule has 0 unspecified atom stereocenters. The van der Waals surface area contributed by atoms with Gasteiger partial charge in [-0.1, -0.05) is 32.0 Å². The van der Waals surface area contributed by atoms with Gasteiger partial charge in [-0.05, 0) is 54.3 Å². The molecule has 0 bridgehead atoms. The summed E-state index contributed by atoms with van der Waals surface area (Å²) in [6, 6.07) is 14.7. The van der Waals surface area contributed by atoms with Gasteiger partial charge in [-0.15, -0.1) is 0 Å². The number of aryl methyl sites for hydroxylation is 1.